The number of amides is 1. The Morgan fingerprint density at radius 3 is 2.75 bits per heavy atom. The van der Waals surface area contributed by atoms with Gasteiger partial charge >= 0.3 is 0 Å². The SMILES string of the molecule is CCCN1CC(C(=O)N(CC)C(C)Cc2ccc3c(c2)OCO3)C1. The molecular formula is C19H28N2O3. The second-order valence-electron chi connectivity index (χ2n) is 6.82. The Labute approximate surface area is 144 Å². The lowest BCUT2D eigenvalue weighted by molar-refractivity contribution is -0.142. The fourth-order valence-electron chi connectivity index (χ4n) is 3.66. The molecule has 1 aromatic rings. The van der Waals surface area contributed by atoms with Gasteiger partial charge in [0.05, 0.1) is 5.92 Å². The van der Waals surface area contributed by atoms with E-state index in [1.54, 1.807) is 0 Å². The predicted octanol–water partition coefficient (Wildman–Crippen LogP) is 2.54. The molecule has 24 heavy (non-hydrogen) atoms. The summed E-state index contributed by atoms with van der Waals surface area (Å²) in [6.45, 7) is 10.4. The lowest BCUT2D eigenvalue weighted by atomic mass is 9.96. The number of benzene rings is 1. The molecule has 1 atom stereocenters. The van der Waals surface area contributed by atoms with Crippen LogP contribution in [-0.2, 0) is 11.2 Å². The number of likely N-dealkylation sites (tertiary alicyclic amines) is 1. The van der Waals surface area contributed by atoms with Crippen LogP contribution in [0.15, 0.2) is 18.2 Å². The number of rotatable bonds is 7. The second kappa shape index (κ2) is 7.43. The Morgan fingerprint density at radius 1 is 1.29 bits per heavy atom. The highest BCUT2D eigenvalue weighted by Gasteiger charge is 2.35. The molecule has 5 nitrogen and oxygen atoms in total. The summed E-state index contributed by atoms with van der Waals surface area (Å²) in [5, 5.41) is 0. The van der Waals surface area contributed by atoms with Gasteiger partial charge in [0, 0.05) is 25.7 Å². The summed E-state index contributed by atoms with van der Waals surface area (Å²) in [7, 11) is 0. The highest BCUT2D eigenvalue weighted by atomic mass is 16.7. The first-order valence-electron chi connectivity index (χ1n) is 9.03. The Kier molecular flexibility index (Phi) is 5.29. The van der Waals surface area contributed by atoms with Gasteiger partial charge in [0.25, 0.3) is 0 Å². The number of hydrogen-bond donors (Lipinski definition) is 0. The Balaban J connectivity index is 1.58. The van der Waals surface area contributed by atoms with Crippen molar-refractivity contribution in [2.24, 2.45) is 5.92 Å². The topological polar surface area (TPSA) is 42.0 Å². The van der Waals surface area contributed by atoms with Gasteiger partial charge < -0.3 is 19.3 Å². The molecule has 2 aliphatic heterocycles. The average molecular weight is 332 g/mol. The third-order valence-corrected chi connectivity index (χ3v) is 4.97. The van der Waals surface area contributed by atoms with Crippen LogP contribution >= 0.6 is 0 Å². The summed E-state index contributed by atoms with van der Waals surface area (Å²) < 4.78 is 10.8. The van der Waals surface area contributed by atoms with Gasteiger partial charge in [0.15, 0.2) is 11.5 Å². The summed E-state index contributed by atoms with van der Waals surface area (Å²) in [6.07, 6.45) is 1.99. The van der Waals surface area contributed by atoms with Crippen LogP contribution in [0.1, 0.15) is 32.8 Å². The zero-order valence-corrected chi connectivity index (χ0v) is 15.0. The third-order valence-electron chi connectivity index (χ3n) is 4.97. The molecule has 0 spiro atoms. The highest BCUT2D eigenvalue weighted by Crippen LogP contribution is 2.33. The van der Waals surface area contributed by atoms with E-state index in [-0.39, 0.29) is 12.0 Å². The van der Waals surface area contributed by atoms with Crippen molar-refractivity contribution >= 4 is 5.91 Å². The predicted molar refractivity (Wildman–Crippen MR) is 93.3 cm³/mol. The molecule has 1 aromatic carbocycles. The molecule has 0 bridgehead atoms. The molecule has 1 unspecified atom stereocenters. The van der Waals surface area contributed by atoms with Crippen LogP contribution in [0.2, 0.25) is 0 Å². The summed E-state index contributed by atoms with van der Waals surface area (Å²) in [4.78, 5) is 17.2. The number of carbonyl (C=O) groups excluding carboxylic acids is 1. The van der Waals surface area contributed by atoms with Gasteiger partial charge in [-0.3, -0.25) is 4.79 Å². The Hall–Kier alpha value is -1.75. The van der Waals surface area contributed by atoms with Crippen molar-refractivity contribution in [1.82, 2.24) is 9.80 Å². The van der Waals surface area contributed by atoms with Crippen LogP contribution < -0.4 is 9.47 Å². The Bertz CT molecular complexity index is 584. The van der Waals surface area contributed by atoms with E-state index >= 15 is 0 Å². The molecule has 2 heterocycles. The van der Waals surface area contributed by atoms with Crippen LogP contribution in [0.5, 0.6) is 11.5 Å². The standard InChI is InChI=1S/C19H28N2O3/c1-4-8-20-11-16(12-20)19(22)21(5-2)14(3)9-15-6-7-17-18(10-15)24-13-23-17/h6-7,10,14,16H,4-5,8-9,11-13H2,1-3H3. The van der Waals surface area contributed by atoms with Crippen molar-refractivity contribution in [1.29, 1.82) is 0 Å². The van der Waals surface area contributed by atoms with Crippen molar-refractivity contribution in [3.8, 4) is 11.5 Å². The molecule has 1 fully saturated rings. The summed E-state index contributed by atoms with van der Waals surface area (Å²) in [6, 6.07) is 6.23. The minimum absolute atomic E-state index is 0.177. The summed E-state index contributed by atoms with van der Waals surface area (Å²) in [5.41, 5.74) is 1.18. The van der Waals surface area contributed by atoms with E-state index in [0.717, 1.165) is 50.5 Å². The van der Waals surface area contributed by atoms with E-state index in [0.29, 0.717) is 12.7 Å². The lowest BCUT2D eigenvalue weighted by Gasteiger charge is -2.41. The van der Waals surface area contributed by atoms with Crippen molar-refractivity contribution < 1.29 is 14.3 Å². The quantitative estimate of drug-likeness (QED) is 0.769. The number of fused-ring (bicyclic) bond motifs is 1. The molecule has 0 aromatic heterocycles. The monoisotopic (exact) mass is 332 g/mol. The van der Waals surface area contributed by atoms with Gasteiger partial charge in [-0.2, -0.15) is 0 Å². The zero-order valence-electron chi connectivity index (χ0n) is 15.0. The molecule has 0 radical (unpaired) electrons. The fraction of sp³-hybridized carbons (Fsp3) is 0.632. The summed E-state index contributed by atoms with van der Waals surface area (Å²) in [5.74, 6) is 2.09. The van der Waals surface area contributed by atoms with Crippen LogP contribution in [-0.4, -0.2) is 54.7 Å². The molecule has 1 saturated heterocycles. The van der Waals surface area contributed by atoms with E-state index in [2.05, 4.69) is 31.7 Å². The first-order chi connectivity index (χ1) is 11.6. The molecule has 0 aliphatic carbocycles. The number of carbonyl (C=O) groups is 1. The maximum absolute atomic E-state index is 12.8. The minimum atomic E-state index is 0.177. The smallest absolute Gasteiger partial charge is 0.231 e. The fourth-order valence-corrected chi connectivity index (χ4v) is 3.66. The van der Waals surface area contributed by atoms with E-state index < -0.39 is 0 Å². The van der Waals surface area contributed by atoms with E-state index in [4.69, 9.17) is 9.47 Å². The molecule has 1 amide bonds. The average Bonchev–Trinajstić information content (AvgIpc) is 2.98. The van der Waals surface area contributed by atoms with Gasteiger partial charge in [0.1, 0.15) is 0 Å². The van der Waals surface area contributed by atoms with Gasteiger partial charge in [0.2, 0.25) is 12.7 Å². The van der Waals surface area contributed by atoms with Gasteiger partial charge in [-0.25, -0.2) is 0 Å². The first-order valence-corrected chi connectivity index (χ1v) is 9.03. The largest absolute Gasteiger partial charge is 0.454 e. The number of hydrogen-bond acceptors (Lipinski definition) is 4. The number of likely N-dealkylation sites (N-methyl/N-ethyl adjacent to an activating group) is 1. The number of nitrogens with zero attached hydrogens (tertiary/aromatic N) is 2. The lowest BCUT2D eigenvalue weighted by Crippen LogP contribution is -2.56. The molecule has 0 N–H and O–H groups in total. The third kappa shape index (κ3) is 3.51. The van der Waals surface area contributed by atoms with Crippen molar-refractivity contribution in [2.45, 2.75) is 39.7 Å². The van der Waals surface area contributed by atoms with Crippen molar-refractivity contribution in [2.75, 3.05) is 33.0 Å². The second-order valence-corrected chi connectivity index (χ2v) is 6.82. The van der Waals surface area contributed by atoms with Gasteiger partial charge in [-0.05, 0) is 50.9 Å². The first kappa shape index (κ1) is 17.1. The minimum Gasteiger partial charge on any atom is -0.454 e. The maximum Gasteiger partial charge on any atom is 0.231 e. The van der Waals surface area contributed by atoms with Crippen molar-refractivity contribution in [3.63, 3.8) is 0 Å². The molecular weight excluding hydrogens is 304 g/mol. The van der Waals surface area contributed by atoms with Crippen LogP contribution in [0.25, 0.3) is 0 Å². The van der Waals surface area contributed by atoms with Crippen molar-refractivity contribution in [3.05, 3.63) is 23.8 Å². The highest BCUT2D eigenvalue weighted by molar-refractivity contribution is 5.80. The zero-order chi connectivity index (χ0) is 17.1. The van der Waals surface area contributed by atoms with Crippen LogP contribution in [0.3, 0.4) is 0 Å². The molecule has 2 aliphatic rings. The Morgan fingerprint density at radius 2 is 2.04 bits per heavy atom. The van der Waals surface area contributed by atoms with Crippen LogP contribution in [0, 0.1) is 5.92 Å². The van der Waals surface area contributed by atoms with Gasteiger partial charge in [-0.1, -0.05) is 13.0 Å². The summed E-state index contributed by atoms with van der Waals surface area (Å²) >= 11 is 0. The van der Waals surface area contributed by atoms with E-state index in [9.17, 15) is 4.79 Å². The molecule has 5 heteroatoms. The van der Waals surface area contributed by atoms with Gasteiger partial charge in [-0.15, -0.1) is 0 Å². The molecule has 132 valence electrons. The normalized spacial score (nSPS) is 18.3. The van der Waals surface area contributed by atoms with E-state index in [1.807, 2.05) is 17.0 Å². The van der Waals surface area contributed by atoms with Crippen LogP contribution in [0.4, 0.5) is 0 Å². The molecule has 3 rings (SSSR count). The van der Waals surface area contributed by atoms with E-state index in [1.165, 1.54) is 5.56 Å². The maximum atomic E-state index is 12.8. The number of ether oxygens (including phenoxy) is 2. The molecule has 0 saturated carbocycles.